The van der Waals surface area contributed by atoms with Gasteiger partial charge in [0.2, 0.25) is 0 Å². The standard InChI is InChI=1S/C10H7BrClF3O2/c1-17-8-3-5(10(13,14)15)2-6(12)9(8)7(16)4-11/h2-3H,4H2,1H3. The number of carbonyl (C=O) groups is 1. The minimum absolute atomic E-state index is 0.0472. The van der Waals surface area contributed by atoms with E-state index in [-0.39, 0.29) is 21.7 Å². The molecule has 0 aliphatic heterocycles. The van der Waals surface area contributed by atoms with Gasteiger partial charge in [0.15, 0.2) is 5.78 Å². The number of hydrogen-bond acceptors (Lipinski definition) is 2. The zero-order chi connectivity index (χ0) is 13.2. The molecule has 17 heavy (non-hydrogen) atoms. The molecule has 7 heteroatoms. The van der Waals surface area contributed by atoms with Gasteiger partial charge in [-0.25, -0.2) is 0 Å². The zero-order valence-electron chi connectivity index (χ0n) is 8.57. The summed E-state index contributed by atoms with van der Waals surface area (Å²) < 4.78 is 42.2. The van der Waals surface area contributed by atoms with Crippen LogP contribution in [0.15, 0.2) is 12.1 Å². The van der Waals surface area contributed by atoms with E-state index < -0.39 is 17.5 Å². The molecule has 0 bridgehead atoms. The molecule has 0 amide bonds. The molecular formula is C10H7BrClF3O2. The van der Waals surface area contributed by atoms with Crippen LogP contribution in [0.3, 0.4) is 0 Å². The van der Waals surface area contributed by atoms with Crippen molar-refractivity contribution in [3.05, 3.63) is 28.3 Å². The normalized spacial score (nSPS) is 11.4. The fourth-order valence-corrected chi connectivity index (χ4v) is 1.84. The Bertz CT molecular complexity index is 446. The van der Waals surface area contributed by atoms with Gasteiger partial charge in [-0.15, -0.1) is 0 Å². The van der Waals surface area contributed by atoms with E-state index in [2.05, 4.69) is 15.9 Å². The lowest BCUT2D eigenvalue weighted by Crippen LogP contribution is -2.09. The largest absolute Gasteiger partial charge is 0.496 e. The summed E-state index contributed by atoms with van der Waals surface area (Å²) in [6, 6.07) is 1.46. The molecule has 0 aromatic heterocycles. The summed E-state index contributed by atoms with van der Waals surface area (Å²) in [7, 11) is 1.18. The third-order valence-corrected chi connectivity index (χ3v) is 2.81. The molecule has 2 nitrogen and oxygen atoms in total. The number of hydrogen-bond donors (Lipinski definition) is 0. The second kappa shape index (κ2) is 5.27. The van der Waals surface area contributed by atoms with Gasteiger partial charge in [0.25, 0.3) is 0 Å². The number of ketones is 1. The van der Waals surface area contributed by atoms with Crippen LogP contribution in [-0.2, 0) is 6.18 Å². The third kappa shape index (κ3) is 3.13. The molecule has 0 fully saturated rings. The third-order valence-electron chi connectivity index (χ3n) is 2.00. The van der Waals surface area contributed by atoms with E-state index in [0.29, 0.717) is 6.07 Å². The predicted molar refractivity (Wildman–Crippen MR) is 61.1 cm³/mol. The average Bonchev–Trinajstić information content (AvgIpc) is 2.25. The molecule has 1 rings (SSSR count). The molecule has 1 aromatic carbocycles. The highest BCUT2D eigenvalue weighted by atomic mass is 79.9. The molecule has 0 heterocycles. The highest BCUT2D eigenvalue weighted by Crippen LogP contribution is 2.37. The fraction of sp³-hybridized carbons (Fsp3) is 0.300. The maximum Gasteiger partial charge on any atom is 0.416 e. The Hall–Kier alpha value is -0.750. The van der Waals surface area contributed by atoms with Crippen LogP contribution in [0.4, 0.5) is 13.2 Å². The molecule has 0 spiro atoms. The number of halogens is 5. The van der Waals surface area contributed by atoms with Crippen molar-refractivity contribution in [1.82, 2.24) is 0 Å². The minimum atomic E-state index is -4.53. The predicted octanol–water partition coefficient (Wildman–Crippen LogP) is 3.95. The molecule has 0 unspecified atom stereocenters. The molecule has 0 saturated carbocycles. The summed E-state index contributed by atoms with van der Waals surface area (Å²) in [4.78, 5) is 11.5. The first-order valence-electron chi connectivity index (χ1n) is 4.35. The SMILES string of the molecule is COc1cc(C(F)(F)F)cc(Cl)c1C(=O)CBr. The molecule has 94 valence electrons. The molecule has 0 saturated heterocycles. The second-order valence-electron chi connectivity index (χ2n) is 3.09. The van der Waals surface area contributed by atoms with E-state index in [9.17, 15) is 18.0 Å². The van der Waals surface area contributed by atoms with Crippen molar-refractivity contribution in [1.29, 1.82) is 0 Å². The Labute approximate surface area is 109 Å². The first kappa shape index (κ1) is 14.3. The summed E-state index contributed by atoms with van der Waals surface area (Å²) in [6.07, 6.45) is -4.53. The van der Waals surface area contributed by atoms with Crippen LogP contribution < -0.4 is 4.74 Å². The number of methoxy groups -OCH3 is 1. The van der Waals surface area contributed by atoms with Gasteiger partial charge in [0.1, 0.15) is 5.75 Å². The summed E-state index contributed by atoms with van der Waals surface area (Å²) in [5.74, 6) is -0.630. The Morgan fingerprint density at radius 3 is 2.47 bits per heavy atom. The summed E-state index contributed by atoms with van der Waals surface area (Å²) in [5.41, 5.74) is -1.01. The van der Waals surface area contributed by atoms with Crippen LogP contribution in [0.25, 0.3) is 0 Å². The van der Waals surface area contributed by atoms with Gasteiger partial charge >= 0.3 is 6.18 Å². The molecular weight excluding hydrogens is 324 g/mol. The number of carbonyl (C=O) groups excluding carboxylic acids is 1. The van der Waals surface area contributed by atoms with E-state index in [1.165, 1.54) is 7.11 Å². The van der Waals surface area contributed by atoms with Gasteiger partial charge in [-0.1, -0.05) is 27.5 Å². The van der Waals surface area contributed by atoms with Gasteiger partial charge in [-0.05, 0) is 12.1 Å². The van der Waals surface area contributed by atoms with Crippen LogP contribution in [0.5, 0.6) is 5.75 Å². The minimum Gasteiger partial charge on any atom is -0.496 e. The molecule has 0 N–H and O–H groups in total. The van der Waals surface area contributed by atoms with E-state index >= 15 is 0 Å². The maximum atomic E-state index is 12.5. The number of alkyl halides is 4. The zero-order valence-corrected chi connectivity index (χ0v) is 10.9. The first-order chi connectivity index (χ1) is 7.81. The summed E-state index contributed by atoms with van der Waals surface area (Å²) in [6.45, 7) is 0. The van der Waals surface area contributed by atoms with Crippen LogP contribution >= 0.6 is 27.5 Å². The van der Waals surface area contributed by atoms with E-state index in [0.717, 1.165) is 6.07 Å². The van der Waals surface area contributed by atoms with Gasteiger partial charge in [-0.3, -0.25) is 4.79 Å². The Morgan fingerprint density at radius 1 is 1.47 bits per heavy atom. The quantitative estimate of drug-likeness (QED) is 0.619. The molecule has 0 aliphatic carbocycles. The van der Waals surface area contributed by atoms with Crippen molar-refractivity contribution in [3.8, 4) is 5.75 Å². The lowest BCUT2D eigenvalue weighted by Gasteiger charge is -2.13. The van der Waals surface area contributed by atoms with Gasteiger partial charge in [0.05, 0.1) is 28.6 Å². The van der Waals surface area contributed by atoms with Gasteiger partial charge < -0.3 is 4.74 Å². The molecule has 1 aromatic rings. The topological polar surface area (TPSA) is 26.3 Å². The van der Waals surface area contributed by atoms with Crippen molar-refractivity contribution >= 4 is 33.3 Å². The van der Waals surface area contributed by atoms with Crippen LogP contribution in [0, 0.1) is 0 Å². The van der Waals surface area contributed by atoms with Crippen molar-refractivity contribution in [3.63, 3.8) is 0 Å². The maximum absolute atomic E-state index is 12.5. The van der Waals surface area contributed by atoms with Gasteiger partial charge in [-0.2, -0.15) is 13.2 Å². The summed E-state index contributed by atoms with van der Waals surface area (Å²) >= 11 is 8.59. The molecule has 0 aliphatic rings. The lowest BCUT2D eigenvalue weighted by molar-refractivity contribution is -0.137. The van der Waals surface area contributed by atoms with Crippen LogP contribution in [0.2, 0.25) is 5.02 Å². The monoisotopic (exact) mass is 330 g/mol. The Balaban J connectivity index is 3.41. The smallest absolute Gasteiger partial charge is 0.416 e. The van der Waals surface area contributed by atoms with Crippen LogP contribution in [-0.4, -0.2) is 18.2 Å². The first-order valence-corrected chi connectivity index (χ1v) is 5.85. The highest BCUT2D eigenvalue weighted by Gasteiger charge is 2.33. The number of rotatable bonds is 3. The van der Waals surface area contributed by atoms with Gasteiger partial charge in [0, 0.05) is 0 Å². The number of Topliss-reactive ketones (excluding diaryl/α,β-unsaturated/α-hetero) is 1. The van der Waals surface area contributed by atoms with Crippen molar-refractivity contribution in [2.45, 2.75) is 6.18 Å². The fourth-order valence-electron chi connectivity index (χ4n) is 1.24. The van der Waals surface area contributed by atoms with E-state index in [1.807, 2.05) is 0 Å². The average molecular weight is 332 g/mol. The van der Waals surface area contributed by atoms with Crippen molar-refractivity contribution < 1.29 is 22.7 Å². The van der Waals surface area contributed by atoms with Crippen LogP contribution in [0.1, 0.15) is 15.9 Å². The second-order valence-corrected chi connectivity index (χ2v) is 4.06. The lowest BCUT2D eigenvalue weighted by atomic mass is 10.1. The Kier molecular flexibility index (Phi) is 4.43. The Morgan fingerprint density at radius 2 is 2.06 bits per heavy atom. The molecule has 0 atom stereocenters. The molecule has 0 radical (unpaired) electrons. The van der Waals surface area contributed by atoms with Crippen molar-refractivity contribution in [2.24, 2.45) is 0 Å². The highest BCUT2D eigenvalue weighted by molar-refractivity contribution is 9.09. The van der Waals surface area contributed by atoms with Crippen molar-refractivity contribution in [2.75, 3.05) is 12.4 Å². The summed E-state index contributed by atoms with van der Waals surface area (Å²) in [5, 5.41) is -0.324. The van der Waals surface area contributed by atoms with E-state index in [4.69, 9.17) is 16.3 Å². The number of benzene rings is 1. The number of ether oxygens (including phenoxy) is 1. The van der Waals surface area contributed by atoms with E-state index in [1.54, 1.807) is 0 Å².